The van der Waals surface area contributed by atoms with Crippen LogP contribution in [0.4, 0.5) is 0 Å². The summed E-state index contributed by atoms with van der Waals surface area (Å²) in [5, 5.41) is 0. The molecule has 0 amide bonds. The van der Waals surface area contributed by atoms with Crippen molar-refractivity contribution in [1.29, 1.82) is 0 Å². The lowest BCUT2D eigenvalue weighted by Crippen LogP contribution is -2.22. The molecule has 2 fully saturated rings. The van der Waals surface area contributed by atoms with Crippen LogP contribution in [0.1, 0.15) is 68.7 Å². The first kappa shape index (κ1) is 16.2. The summed E-state index contributed by atoms with van der Waals surface area (Å²) in [6.45, 7) is 4.37. The van der Waals surface area contributed by atoms with Crippen LogP contribution in [-0.2, 0) is 4.74 Å². The molecule has 3 rings (SSSR count). The molecule has 1 aromatic heterocycles. The number of esters is 1. The van der Waals surface area contributed by atoms with Gasteiger partial charge in [-0.05, 0) is 62.0 Å². The van der Waals surface area contributed by atoms with E-state index in [0.717, 1.165) is 17.8 Å². The van der Waals surface area contributed by atoms with Crippen LogP contribution in [0.3, 0.4) is 0 Å². The van der Waals surface area contributed by atoms with Gasteiger partial charge in [0.15, 0.2) is 5.76 Å². The van der Waals surface area contributed by atoms with Gasteiger partial charge in [0, 0.05) is 5.92 Å². The van der Waals surface area contributed by atoms with Crippen LogP contribution in [0, 0.1) is 35.5 Å². The molecular weight excluding hydrogens is 288 g/mol. The Morgan fingerprint density at radius 2 is 2.13 bits per heavy atom. The van der Waals surface area contributed by atoms with Gasteiger partial charge in [0.2, 0.25) is 5.76 Å². The lowest BCUT2D eigenvalue weighted by atomic mass is 9.74. The quantitative estimate of drug-likeness (QED) is 0.601. The SMILES string of the molecule is CCOC(=O)c1ccc(C#C[C@H](C)C2CCC3CCCCC32)o1. The zero-order valence-electron chi connectivity index (χ0n) is 14.1. The summed E-state index contributed by atoms with van der Waals surface area (Å²) in [7, 11) is 0. The van der Waals surface area contributed by atoms with Crippen LogP contribution in [0.15, 0.2) is 16.5 Å². The van der Waals surface area contributed by atoms with Gasteiger partial charge in [-0.3, -0.25) is 0 Å². The minimum absolute atomic E-state index is 0.233. The Morgan fingerprint density at radius 3 is 2.96 bits per heavy atom. The first-order chi connectivity index (χ1) is 11.2. The molecule has 3 unspecified atom stereocenters. The highest BCUT2D eigenvalue weighted by molar-refractivity contribution is 5.86. The van der Waals surface area contributed by atoms with E-state index in [1.165, 1.54) is 38.5 Å². The van der Waals surface area contributed by atoms with Crippen molar-refractivity contribution in [3.05, 3.63) is 23.7 Å². The average Bonchev–Trinajstić information content (AvgIpc) is 3.20. The first-order valence-electron chi connectivity index (χ1n) is 8.97. The number of carbonyl (C=O) groups is 1. The zero-order chi connectivity index (χ0) is 16.2. The normalized spacial score (nSPS) is 27.7. The van der Waals surface area contributed by atoms with Crippen LogP contribution >= 0.6 is 0 Å². The summed E-state index contributed by atoms with van der Waals surface area (Å²) in [5.74, 6) is 9.77. The number of hydrogen-bond acceptors (Lipinski definition) is 3. The molecular formula is C20H26O3. The van der Waals surface area contributed by atoms with Gasteiger partial charge >= 0.3 is 5.97 Å². The molecule has 3 heteroatoms. The summed E-state index contributed by atoms with van der Waals surface area (Å²) in [6, 6.07) is 3.39. The number of rotatable bonds is 3. The predicted molar refractivity (Wildman–Crippen MR) is 88.9 cm³/mol. The van der Waals surface area contributed by atoms with Crippen molar-refractivity contribution in [1.82, 2.24) is 0 Å². The molecule has 0 aliphatic heterocycles. The summed E-state index contributed by atoms with van der Waals surface area (Å²) < 4.78 is 10.4. The van der Waals surface area contributed by atoms with Crippen LogP contribution < -0.4 is 0 Å². The van der Waals surface area contributed by atoms with Gasteiger partial charge in [0.1, 0.15) is 0 Å². The summed E-state index contributed by atoms with van der Waals surface area (Å²) in [6.07, 6.45) is 8.31. The van der Waals surface area contributed by atoms with E-state index in [4.69, 9.17) is 9.15 Å². The van der Waals surface area contributed by atoms with Gasteiger partial charge in [-0.1, -0.05) is 32.1 Å². The Morgan fingerprint density at radius 1 is 1.30 bits per heavy atom. The highest BCUT2D eigenvalue weighted by Crippen LogP contribution is 2.48. The minimum Gasteiger partial charge on any atom is -0.460 e. The molecule has 0 spiro atoms. The van der Waals surface area contributed by atoms with Crippen molar-refractivity contribution < 1.29 is 13.9 Å². The monoisotopic (exact) mass is 314 g/mol. The van der Waals surface area contributed by atoms with E-state index in [0.29, 0.717) is 18.3 Å². The minimum atomic E-state index is -0.422. The van der Waals surface area contributed by atoms with Gasteiger partial charge in [-0.25, -0.2) is 4.79 Å². The van der Waals surface area contributed by atoms with Crippen LogP contribution in [0.5, 0.6) is 0 Å². The Kier molecular flexibility index (Phi) is 5.10. The zero-order valence-corrected chi connectivity index (χ0v) is 14.1. The van der Waals surface area contributed by atoms with Crippen molar-refractivity contribution in [2.75, 3.05) is 6.61 Å². The van der Waals surface area contributed by atoms with Crippen molar-refractivity contribution in [2.45, 2.75) is 52.4 Å². The van der Waals surface area contributed by atoms with E-state index in [2.05, 4.69) is 18.8 Å². The van der Waals surface area contributed by atoms with Crippen LogP contribution in [0.25, 0.3) is 0 Å². The number of ether oxygens (including phenoxy) is 1. The van der Waals surface area contributed by atoms with E-state index in [1.807, 2.05) is 0 Å². The molecule has 2 aliphatic carbocycles. The van der Waals surface area contributed by atoms with E-state index >= 15 is 0 Å². The van der Waals surface area contributed by atoms with E-state index in [9.17, 15) is 4.79 Å². The maximum Gasteiger partial charge on any atom is 0.374 e. The maximum absolute atomic E-state index is 11.6. The number of furan rings is 1. The smallest absolute Gasteiger partial charge is 0.374 e. The molecule has 2 saturated carbocycles. The fourth-order valence-corrected chi connectivity index (χ4v) is 4.41. The first-order valence-corrected chi connectivity index (χ1v) is 8.97. The Bertz CT molecular complexity index is 604. The molecule has 0 saturated heterocycles. The highest BCUT2D eigenvalue weighted by atomic mass is 16.5. The molecule has 1 aromatic rings. The van der Waals surface area contributed by atoms with E-state index in [-0.39, 0.29) is 5.76 Å². The number of fused-ring (bicyclic) bond motifs is 1. The molecule has 124 valence electrons. The Hall–Kier alpha value is -1.69. The molecule has 3 nitrogen and oxygen atoms in total. The number of carbonyl (C=O) groups excluding carboxylic acids is 1. The van der Waals surface area contributed by atoms with Crippen molar-refractivity contribution in [3.63, 3.8) is 0 Å². The summed E-state index contributed by atoms with van der Waals surface area (Å²) >= 11 is 0. The van der Waals surface area contributed by atoms with Gasteiger partial charge in [-0.15, -0.1) is 0 Å². The fourth-order valence-electron chi connectivity index (χ4n) is 4.41. The second kappa shape index (κ2) is 7.25. The van der Waals surface area contributed by atoms with Crippen LogP contribution in [0.2, 0.25) is 0 Å². The molecule has 0 bridgehead atoms. The third kappa shape index (κ3) is 3.63. The van der Waals surface area contributed by atoms with E-state index < -0.39 is 5.97 Å². The molecule has 0 aromatic carbocycles. The second-order valence-corrected chi connectivity index (χ2v) is 6.89. The molecule has 2 aliphatic rings. The highest BCUT2D eigenvalue weighted by Gasteiger charge is 2.39. The average molecular weight is 314 g/mol. The van der Waals surface area contributed by atoms with Crippen molar-refractivity contribution in [2.24, 2.45) is 23.7 Å². The Labute approximate surface area is 138 Å². The lowest BCUT2D eigenvalue weighted by molar-refractivity contribution is 0.0489. The Balaban J connectivity index is 1.63. The molecule has 1 heterocycles. The largest absolute Gasteiger partial charge is 0.460 e. The topological polar surface area (TPSA) is 39.4 Å². The lowest BCUT2D eigenvalue weighted by Gasteiger charge is -2.30. The van der Waals surface area contributed by atoms with Crippen molar-refractivity contribution in [3.8, 4) is 11.8 Å². The third-order valence-electron chi connectivity index (χ3n) is 5.54. The van der Waals surface area contributed by atoms with E-state index in [1.54, 1.807) is 19.1 Å². The van der Waals surface area contributed by atoms with Crippen LogP contribution in [-0.4, -0.2) is 12.6 Å². The van der Waals surface area contributed by atoms with Gasteiger partial charge in [0.25, 0.3) is 0 Å². The second-order valence-electron chi connectivity index (χ2n) is 6.89. The maximum atomic E-state index is 11.6. The number of hydrogen-bond donors (Lipinski definition) is 0. The molecule has 4 atom stereocenters. The van der Waals surface area contributed by atoms with Crippen molar-refractivity contribution >= 4 is 5.97 Å². The molecule has 23 heavy (non-hydrogen) atoms. The fraction of sp³-hybridized carbons (Fsp3) is 0.650. The molecule has 0 radical (unpaired) electrons. The summed E-state index contributed by atoms with van der Waals surface area (Å²) in [4.78, 5) is 11.6. The van der Waals surface area contributed by atoms with Gasteiger partial charge in [0.05, 0.1) is 6.61 Å². The van der Waals surface area contributed by atoms with Gasteiger partial charge in [-0.2, -0.15) is 0 Å². The molecule has 0 N–H and O–H groups in total. The predicted octanol–water partition coefficient (Wildman–Crippen LogP) is 4.66. The third-order valence-corrected chi connectivity index (χ3v) is 5.54. The standard InChI is InChI=1S/C20H26O3/c1-3-22-20(21)19-13-11-16(23-19)10-8-14(2)17-12-9-15-6-4-5-7-18(15)17/h11,13-15,17-18H,3-7,9,12H2,1-2H3/t14-,15?,17?,18?/m0/s1. The van der Waals surface area contributed by atoms with Gasteiger partial charge < -0.3 is 9.15 Å². The summed E-state index contributed by atoms with van der Waals surface area (Å²) in [5.41, 5.74) is 0.